The van der Waals surface area contributed by atoms with Crippen LogP contribution in [0.15, 0.2) is 46.0 Å². The molecule has 0 fully saturated rings. The first-order valence-electron chi connectivity index (χ1n) is 5.45. The molecule has 5 heteroatoms. The lowest BCUT2D eigenvalue weighted by atomic mass is 10.2. The van der Waals surface area contributed by atoms with E-state index in [1.54, 1.807) is 47.2 Å². The summed E-state index contributed by atoms with van der Waals surface area (Å²) in [5.74, 6) is 0.527. The van der Waals surface area contributed by atoms with Crippen LogP contribution in [0.4, 0.5) is 11.4 Å². The first-order chi connectivity index (χ1) is 8.66. The number of carbonyl (C=O) groups is 1. The van der Waals surface area contributed by atoms with Crippen LogP contribution in [-0.2, 0) is 4.79 Å². The van der Waals surface area contributed by atoms with Gasteiger partial charge in [0, 0.05) is 18.4 Å². The Morgan fingerprint density at radius 3 is 2.67 bits per heavy atom. The predicted molar refractivity (Wildman–Crippen MR) is 79.3 cm³/mol. The van der Waals surface area contributed by atoms with Gasteiger partial charge in [-0.25, -0.2) is 0 Å². The molecule has 0 bridgehead atoms. The maximum absolute atomic E-state index is 12.0. The molecule has 0 saturated carbocycles. The predicted octanol–water partition coefficient (Wildman–Crippen LogP) is 3.09. The van der Waals surface area contributed by atoms with Gasteiger partial charge in [-0.05, 0) is 35.7 Å². The third-order valence-electron chi connectivity index (χ3n) is 2.49. The summed E-state index contributed by atoms with van der Waals surface area (Å²) in [5.41, 5.74) is 7.18. The lowest BCUT2D eigenvalue weighted by Gasteiger charge is -2.17. The van der Waals surface area contributed by atoms with Crippen molar-refractivity contribution in [3.05, 3.63) is 41.8 Å². The SMILES string of the molecule is CN(C(=O)CSc1cccs1)c1ccc(N)cc1. The van der Waals surface area contributed by atoms with Crippen LogP contribution in [0.25, 0.3) is 0 Å². The normalized spacial score (nSPS) is 10.3. The molecule has 0 aliphatic heterocycles. The van der Waals surface area contributed by atoms with Gasteiger partial charge in [0.1, 0.15) is 0 Å². The quantitative estimate of drug-likeness (QED) is 0.690. The van der Waals surface area contributed by atoms with Crippen molar-refractivity contribution in [2.24, 2.45) is 0 Å². The van der Waals surface area contributed by atoms with Crippen LogP contribution >= 0.6 is 23.1 Å². The van der Waals surface area contributed by atoms with E-state index >= 15 is 0 Å². The molecule has 0 spiro atoms. The molecule has 0 unspecified atom stereocenters. The molecule has 0 atom stereocenters. The Morgan fingerprint density at radius 2 is 2.06 bits per heavy atom. The molecule has 0 aliphatic carbocycles. The zero-order valence-corrected chi connectivity index (χ0v) is 11.6. The van der Waals surface area contributed by atoms with E-state index in [2.05, 4.69) is 0 Å². The third-order valence-corrected chi connectivity index (χ3v) is 4.60. The third kappa shape index (κ3) is 3.27. The molecule has 2 rings (SSSR count). The van der Waals surface area contributed by atoms with Gasteiger partial charge in [0.25, 0.3) is 0 Å². The highest BCUT2D eigenvalue weighted by molar-refractivity contribution is 8.01. The average Bonchev–Trinajstić information content (AvgIpc) is 2.89. The average molecular weight is 278 g/mol. The topological polar surface area (TPSA) is 46.3 Å². The first-order valence-corrected chi connectivity index (χ1v) is 7.32. The number of nitrogens with two attached hydrogens (primary N) is 1. The van der Waals surface area contributed by atoms with E-state index in [1.807, 2.05) is 29.6 Å². The fraction of sp³-hybridized carbons (Fsp3) is 0.154. The highest BCUT2D eigenvalue weighted by Gasteiger charge is 2.11. The number of rotatable bonds is 4. The molecule has 1 aromatic heterocycles. The van der Waals surface area contributed by atoms with Crippen molar-refractivity contribution in [2.45, 2.75) is 4.21 Å². The van der Waals surface area contributed by atoms with Crippen LogP contribution in [0.3, 0.4) is 0 Å². The molecular weight excluding hydrogens is 264 g/mol. The van der Waals surface area contributed by atoms with E-state index in [0.29, 0.717) is 11.4 Å². The molecular formula is C13H14N2OS2. The summed E-state index contributed by atoms with van der Waals surface area (Å²) in [6.07, 6.45) is 0. The van der Waals surface area contributed by atoms with E-state index in [-0.39, 0.29) is 5.91 Å². The van der Waals surface area contributed by atoms with Gasteiger partial charge in [-0.15, -0.1) is 23.1 Å². The molecule has 0 saturated heterocycles. The Morgan fingerprint density at radius 1 is 1.33 bits per heavy atom. The Hall–Kier alpha value is -1.46. The van der Waals surface area contributed by atoms with E-state index < -0.39 is 0 Å². The Labute approximate surface area is 115 Å². The van der Waals surface area contributed by atoms with Crippen molar-refractivity contribution in [1.29, 1.82) is 0 Å². The van der Waals surface area contributed by atoms with Crippen molar-refractivity contribution in [2.75, 3.05) is 23.4 Å². The molecule has 94 valence electrons. The maximum Gasteiger partial charge on any atom is 0.237 e. The second-order valence-corrected chi connectivity index (χ2v) is 5.99. The molecule has 0 aliphatic rings. The number of thiophene rings is 1. The van der Waals surface area contributed by atoms with E-state index in [1.165, 1.54) is 0 Å². The number of nitrogen functional groups attached to an aromatic ring is 1. The van der Waals surface area contributed by atoms with Gasteiger partial charge in [0.2, 0.25) is 5.91 Å². The lowest BCUT2D eigenvalue weighted by molar-refractivity contribution is -0.115. The first kappa shape index (κ1) is 13.0. The monoisotopic (exact) mass is 278 g/mol. The molecule has 1 aromatic carbocycles. The molecule has 2 N–H and O–H groups in total. The van der Waals surface area contributed by atoms with E-state index in [9.17, 15) is 4.79 Å². The van der Waals surface area contributed by atoms with Crippen molar-refractivity contribution < 1.29 is 4.79 Å². The summed E-state index contributed by atoms with van der Waals surface area (Å²) < 4.78 is 1.16. The molecule has 0 radical (unpaired) electrons. The number of amides is 1. The fourth-order valence-electron chi connectivity index (χ4n) is 1.42. The van der Waals surface area contributed by atoms with E-state index in [0.717, 1.165) is 9.90 Å². The molecule has 3 nitrogen and oxygen atoms in total. The van der Waals surface area contributed by atoms with Gasteiger partial charge < -0.3 is 10.6 Å². The second-order valence-electron chi connectivity index (χ2n) is 3.77. The zero-order valence-electron chi connectivity index (χ0n) is 10.00. The summed E-state index contributed by atoms with van der Waals surface area (Å²) >= 11 is 3.21. The zero-order chi connectivity index (χ0) is 13.0. The Bertz CT molecular complexity index is 508. The molecule has 18 heavy (non-hydrogen) atoms. The van der Waals surface area contributed by atoms with Crippen LogP contribution in [-0.4, -0.2) is 18.7 Å². The van der Waals surface area contributed by atoms with Gasteiger partial charge in [-0.1, -0.05) is 6.07 Å². The smallest absolute Gasteiger partial charge is 0.237 e. The number of carbonyl (C=O) groups excluding carboxylic acids is 1. The van der Waals surface area contributed by atoms with Gasteiger partial charge in [-0.3, -0.25) is 4.79 Å². The summed E-state index contributed by atoms with van der Waals surface area (Å²) in [6, 6.07) is 11.3. The Balaban J connectivity index is 1.94. The summed E-state index contributed by atoms with van der Waals surface area (Å²) in [7, 11) is 1.78. The van der Waals surface area contributed by atoms with Gasteiger partial charge >= 0.3 is 0 Å². The van der Waals surface area contributed by atoms with E-state index in [4.69, 9.17) is 5.73 Å². The number of anilines is 2. The van der Waals surface area contributed by atoms with Crippen LogP contribution in [0, 0.1) is 0 Å². The number of hydrogen-bond acceptors (Lipinski definition) is 4. The van der Waals surface area contributed by atoms with Crippen molar-refractivity contribution in [3.63, 3.8) is 0 Å². The molecule has 1 heterocycles. The minimum absolute atomic E-state index is 0.0816. The molecule has 1 amide bonds. The van der Waals surface area contributed by atoms with Gasteiger partial charge in [0.05, 0.1) is 9.96 Å². The summed E-state index contributed by atoms with van der Waals surface area (Å²) in [5, 5.41) is 2.01. The number of nitrogens with zero attached hydrogens (tertiary/aromatic N) is 1. The van der Waals surface area contributed by atoms with Crippen molar-refractivity contribution >= 4 is 40.4 Å². The summed E-state index contributed by atoms with van der Waals surface area (Å²) in [6.45, 7) is 0. The summed E-state index contributed by atoms with van der Waals surface area (Å²) in [4.78, 5) is 13.7. The van der Waals surface area contributed by atoms with Crippen LogP contribution in [0.1, 0.15) is 0 Å². The van der Waals surface area contributed by atoms with Crippen LogP contribution < -0.4 is 10.6 Å². The largest absolute Gasteiger partial charge is 0.399 e. The lowest BCUT2D eigenvalue weighted by Crippen LogP contribution is -2.27. The number of hydrogen-bond donors (Lipinski definition) is 1. The van der Waals surface area contributed by atoms with Crippen LogP contribution in [0.2, 0.25) is 0 Å². The van der Waals surface area contributed by atoms with Gasteiger partial charge in [-0.2, -0.15) is 0 Å². The maximum atomic E-state index is 12.0. The second kappa shape index (κ2) is 5.93. The standard InChI is InChI=1S/C13H14N2OS2/c1-15(11-6-4-10(14)5-7-11)12(16)9-18-13-3-2-8-17-13/h2-8H,9,14H2,1H3. The van der Waals surface area contributed by atoms with Crippen molar-refractivity contribution in [3.8, 4) is 0 Å². The number of thioether (sulfide) groups is 1. The Kier molecular flexibility index (Phi) is 4.28. The fourth-order valence-corrected chi connectivity index (χ4v) is 3.12. The molecule has 2 aromatic rings. The minimum Gasteiger partial charge on any atom is -0.399 e. The van der Waals surface area contributed by atoms with Crippen molar-refractivity contribution in [1.82, 2.24) is 0 Å². The van der Waals surface area contributed by atoms with Gasteiger partial charge in [0.15, 0.2) is 0 Å². The minimum atomic E-state index is 0.0816. The van der Waals surface area contributed by atoms with Crippen LogP contribution in [0.5, 0.6) is 0 Å². The highest BCUT2D eigenvalue weighted by Crippen LogP contribution is 2.24. The highest BCUT2D eigenvalue weighted by atomic mass is 32.2. The number of benzene rings is 1.